The summed E-state index contributed by atoms with van der Waals surface area (Å²) in [6.07, 6.45) is -0.509. The molecule has 2 aromatic carbocycles. The molecule has 7 nitrogen and oxygen atoms in total. The molecule has 0 heterocycles. The number of nitrogens with two attached hydrogens (primary N) is 1. The number of hydrogen-bond acceptors (Lipinski definition) is 7. The van der Waals surface area contributed by atoms with Crippen molar-refractivity contribution in [2.45, 2.75) is 77.7 Å². The molecule has 40 heavy (non-hydrogen) atoms. The predicted molar refractivity (Wildman–Crippen MR) is 150 cm³/mol. The van der Waals surface area contributed by atoms with Gasteiger partial charge in [-0.1, -0.05) is 49.4 Å². The van der Waals surface area contributed by atoms with Crippen LogP contribution in [-0.4, -0.2) is 42.5 Å². The van der Waals surface area contributed by atoms with Crippen molar-refractivity contribution in [1.29, 1.82) is 0 Å². The number of benzene rings is 2. The Bertz CT molecular complexity index is 1070. The van der Waals surface area contributed by atoms with Gasteiger partial charge in [0, 0.05) is 12.1 Å². The third-order valence-electron chi connectivity index (χ3n) is 6.01. The zero-order valence-electron chi connectivity index (χ0n) is 22.3. The summed E-state index contributed by atoms with van der Waals surface area (Å²) in [5.41, 5.74) is 6.21. The van der Waals surface area contributed by atoms with Gasteiger partial charge in [0.05, 0.1) is 18.8 Å². The molecule has 224 valence electrons. The smallest absolute Gasteiger partial charge is 0.416 e. The van der Waals surface area contributed by atoms with Gasteiger partial charge in [-0.05, 0) is 64.2 Å². The lowest BCUT2D eigenvalue weighted by Crippen LogP contribution is -2.40. The van der Waals surface area contributed by atoms with Gasteiger partial charge in [-0.25, -0.2) is 0 Å². The molecule has 0 bridgehead atoms. The van der Waals surface area contributed by atoms with E-state index in [1.165, 1.54) is 17.7 Å². The molecule has 2 aromatic rings. The van der Waals surface area contributed by atoms with E-state index in [1.807, 2.05) is 31.2 Å². The molecule has 3 N–H and O–H groups in total. The van der Waals surface area contributed by atoms with E-state index in [-0.39, 0.29) is 31.8 Å². The first-order chi connectivity index (χ1) is 17.9. The van der Waals surface area contributed by atoms with Crippen molar-refractivity contribution in [1.82, 2.24) is 5.32 Å². The molecule has 2 fully saturated rings. The third-order valence-corrected chi connectivity index (χ3v) is 6.01. The van der Waals surface area contributed by atoms with Crippen molar-refractivity contribution in [3.63, 3.8) is 0 Å². The van der Waals surface area contributed by atoms with E-state index < -0.39 is 22.8 Å². The minimum absolute atomic E-state index is 0. The van der Waals surface area contributed by atoms with E-state index >= 15 is 0 Å². The Morgan fingerprint density at radius 1 is 0.925 bits per heavy atom. The first-order valence-electron chi connectivity index (χ1n) is 12.5. The van der Waals surface area contributed by atoms with E-state index in [2.05, 4.69) is 5.32 Å². The van der Waals surface area contributed by atoms with Crippen LogP contribution in [0.4, 0.5) is 13.2 Å². The number of aldehydes is 1. The van der Waals surface area contributed by atoms with Crippen molar-refractivity contribution in [3.05, 3.63) is 70.8 Å². The zero-order chi connectivity index (χ0) is 28.4. The van der Waals surface area contributed by atoms with Crippen molar-refractivity contribution in [2.24, 2.45) is 5.73 Å². The number of carbonyl (C=O) groups is 3. The quantitative estimate of drug-likeness (QED) is 0.296. The first-order valence-corrected chi connectivity index (χ1v) is 12.5. The number of ether oxygens (including phenoxy) is 2. The number of esters is 2. The molecule has 0 saturated heterocycles. The number of carbonyl (C=O) groups excluding carboxylic acids is 3. The maximum absolute atomic E-state index is 12.4. The van der Waals surface area contributed by atoms with Gasteiger partial charge in [-0.2, -0.15) is 13.2 Å². The molecule has 0 spiro atoms. The highest BCUT2D eigenvalue weighted by atomic mass is 35.5. The van der Waals surface area contributed by atoms with Crippen molar-refractivity contribution in [2.75, 3.05) is 13.2 Å². The van der Waals surface area contributed by atoms with E-state index in [0.717, 1.165) is 36.8 Å². The summed E-state index contributed by atoms with van der Waals surface area (Å²) in [7, 11) is 0. The topological polar surface area (TPSA) is 108 Å². The highest BCUT2D eigenvalue weighted by Gasteiger charge is 2.51. The van der Waals surface area contributed by atoms with Crippen molar-refractivity contribution >= 4 is 30.6 Å². The molecule has 11 heteroatoms. The lowest BCUT2D eigenvalue weighted by Gasteiger charge is -2.16. The Balaban J connectivity index is 0.000000636. The van der Waals surface area contributed by atoms with E-state index in [0.29, 0.717) is 38.2 Å². The van der Waals surface area contributed by atoms with Gasteiger partial charge < -0.3 is 15.2 Å². The number of halogens is 4. The van der Waals surface area contributed by atoms with Crippen LogP contribution < -0.4 is 11.1 Å². The Hall–Kier alpha value is -2.95. The molecule has 0 aromatic heterocycles. The second kappa shape index (κ2) is 16.3. The van der Waals surface area contributed by atoms with Crippen LogP contribution >= 0.6 is 12.4 Å². The molecule has 0 radical (unpaired) electrons. The van der Waals surface area contributed by atoms with E-state index in [9.17, 15) is 27.6 Å². The van der Waals surface area contributed by atoms with Crippen LogP contribution in [0, 0.1) is 6.92 Å². The summed E-state index contributed by atoms with van der Waals surface area (Å²) in [5.74, 6) is -0.531. The SMILES string of the molecule is C.CCOC(=O)C1(N)CC1.CCOC(=O)C1(NCc2ccc(C(F)(F)F)cc2)CC1.Cc1ccc(C=O)cc1.Cl. The van der Waals surface area contributed by atoms with E-state index in [4.69, 9.17) is 15.2 Å². The van der Waals surface area contributed by atoms with Gasteiger partial charge in [0.15, 0.2) is 0 Å². The van der Waals surface area contributed by atoms with Crippen LogP contribution in [0.3, 0.4) is 0 Å². The molecule has 2 aliphatic carbocycles. The molecule has 0 atom stereocenters. The molecule has 0 aliphatic heterocycles. The molecule has 2 aliphatic rings. The summed E-state index contributed by atoms with van der Waals surface area (Å²) in [6, 6.07) is 12.4. The normalized spacial score (nSPS) is 15.2. The number of nitrogens with one attached hydrogen (secondary N) is 1. The van der Waals surface area contributed by atoms with Gasteiger partial charge in [-0.3, -0.25) is 19.7 Å². The number of aryl methyl sites for hydroxylation is 1. The van der Waals surface area contributed by atoms with Crippen LogP contribution in [0.25, 0.3) is 0 Å². The van der Waals surface area contributed by atoms with Crippen LogP contribution in [0.1, 0.15) is 74.0 Å². The number of rotatable bonds is 8. The summed E-state index contributed by atoms with van der Waals surface area (Å²) in [6.45, 7) is 6.61. The average molecular weight is 589 g/mol. The van der Waals surface area contributed by atoms with E-state index in [1.54, 1.807) is 13.8 Å². The Labute approximate surface area is 240 Å². The van der Waals surface area contributed by atoms with Crippen molar-refractivity contribution < 1.29 is 37.0 Å². The Morgan fingerprint density at radius 3 is 1.82 bits per heavy atom. The lowest BCUT2D eigenvalue weighted by atomic mass is 10.1. The maximum Gasteiger partial charge on any atom is 0.416 e. The Kier molecular flexibility index (Phi) is 15.1. The third kappa shape index (κ3) is 11.7. The zero-order valence-corrected chi connectivity index (χ0v) is 23.1. The van der Waals surface area contributed by atoms with Crippen molar-refractivity contribution in [3.8, 4) is 0 Å². The molecule has 2 saturated carbocycles. The summed E-state index contributed by atoms with van der Waals surface area (Å²) >= 11 is 0. The molecule has 4 rings (SSSR count). The predicted octanol–water partition coefficient (Wildman–Crippen LogP) is 5.80. The Morgan fingerprint density at radius 2 is 1.43 bits per heavy atom. The molecule has 0 amide bonds. The fourth-order valence-electron chi connectivity index (χ4n) is 3.19. The summed E-state index contributed by atoms with van der Waals surface area (Å²) < 4.78 is 46.9. The van der Waals surface area contributed by atoms with Crippen LogP contribution in [-0.2, 0) is 31.8 Å². The maximum atomic E-state index is 12.4. The van der Waals surface area contributed by atoms with Crippen LogP contribution in [0.5, 0.6) is 0 Å². The van der Waals surface area contributed by atoms with Crippen LogP contribution in [0.15, 0.2) is 48.5 Å². The minimum atomic E-state index is -4.32. The second-order valence-electron chi connectivity index (χ2n) is 9.26. The van der Waals surface area contributed by atoms with Gasteiger partial charge in [0.1, 0.15) is 17.4 Å². The number of hydrogen-bond donors (Lipinski definition) is 2. The molecular weight excluding hydrogens is 549 g/mol. The van der Waals surface area contributed by atoms with Gasteiger partial charge in [0.25, 0.3) is 0 Å². The fraction of sp³-hybridized carbons (Fsp3) is 0.483. The summed E-state index contributed by atoms with van der Waals surface area (Å²) in [4.78, 5) is 32.6. The standard InChI is InChI=1S/C14H16F3NO2.C8H8O.C6H11NO2.CH4.ClH/c1-2-20-12(19)13(7-8-13)18-9-10-3-5-11(6-4-10)14(15,16)17;1-7-2-4-8(6-9)5-3-7;1-2-9-5(8)6(7)3-4-6;;/h3-6,18H,2,7-9H2,1H3;2-6H,1H3;2-4,7H2,1H3;1H4;1H. The van der Waals surface area contributed by atoms with Gasteiger partial charge in [-0.15, -0.1) is 12.4 Å². The first kappa shape index (κ1) is 37.0. The average Bonchev–Trinajstić information content (AvgIpc) is 3.82. The fourth-order valence-corrected chi connectivity index (χ4v) is 3.19. The lowest BCUT2D eigenvalue weighted by molar-refractivity contribution is -0.147. The van der Waals surface area contributed by atoms with Crippen LogP contribution in [0.2, 0.25) is 0 Å². The van der Waals surface area contributed by atoms with Gasteiger partial charge in [0.2, 0.25) is 0 Å². The molecule has 0 unspecified atom stereocenters. The summed E-state index contributed by atoms with van der Waals surface area (Å²) in [5, 5.41) is 3.07. The second-order valence-corrected chi connectivity index (χ2v) is 9.26. The monoisotopic (exact) mass is 588 g/mol. The number of alkyl halides is 3. The molecular formula is C29H40ClF3N2O5. The highest BCUT2D eigenvalue weighted by molar-refractivity contribution is 5.85. The highest BCUT2D eigenvalue weighted by Crippen LogP contribution is 2.37. The van der Waals surface area contributed by atoms with Gasteiger partial charge >= 0.3 is 18.1 Å². The minimum Gasteiger partial charge on any atom is -0.465 e. The largest absolute Gasteiger partial charge is 0.465 e.